The van der Waals surface area contributed by atoms with Crippen molar-refractivity contribution in [3.8, 4) is 0 Å². The van der Waals surface area contributed by atoms with Crippen molar-refractivity contribution in [1.82, 2.24) is 0 Å². The molecule has 0 radical (unpaired) electrons. The lowest BCUT2D eigenvalue weighted by Gasteiger charge is -2.21. The van der Waals surface area contributed by atoms with Crippen molar-refractivity contribution in [2.45, 2.75) is 465 Å². The summed E-state index contributed by atoms with van der Waals surface area (Å²) in [6, 6.07) is 0. The highest BCUT2D eigenvalue weighted by atomic mass is 31.2. The Morgan fingerprint density at radius 2 is 0.442 bits per heavy atom. The molecule has 0 spiro atoms. The molecule has 17 nitrogen and oxygen atoms in total. The van der Waals surface area contributed by atoms with Gasteiger partial charge in [0, 0.05) is 25.7 Å². The fourth-order valence-electron chi connectivity index (χ4n) is 13.2. The number of unbranched alkanes of at least 4 members (excludes halogenated alkanes) is 51. The molecule has 0 amide bonds. The second-order valence-electron chi connectivity index (χ2n) is 32.0. The van der Waals surface area contributed by atoms with Gasteiger partial charge in [0.05, 0.1) is 26.4 Å². The van der Waals surface area contributed by atoms with Gasteiger partial charge < -0.3 is 33.8 Å². The minimum atomic E-state index is -4.97. The lowest BCUT2D eigenvalue weighted by atomic mass is 10.0. The number of hydrogen-bond acceptors (Lipinski definition) is 15. The molecule has 0 aliphatic carbocycles. The summed E-state index contributed by atoms with van der Waals surface area (Å²) in [4.78, 5) is 73.2. The molecule has 0 aromatic heterocycles. The van der Waals surface area contributed by atoms with Gasteiger partial charge in [-0.3, -0.25) is 37.3 Å². The molecule has 0 aliphatic rings. The van der Waals surface area contributed by atoms with Crippen LogP contribution in [0.3, 0.4) is 0 Å². The van der Waals surface area contributed by atoms with E-state index in [1.54, 1.807) is 0 Å². The standard InChI is InChI=1S/C85H166O17P2/c1-8-9-10-11-12-13-38-45-52-59-66-82(87)95-72-80(101-85(90)69-62-55-48-41-34-28-27-31-37-44-51-58-65-78(6)7)74-99-103(91,92)97-70-79(86)71-98-104(93,94)100-75-81(73-96-83(88)67-60-53-46-39-32-25-22-18-20-24-30-36-43-50-57-64-77(4)5)102-84(89)68-61-54-47-40-33-26-21-17-15-14-16-19-23-29-35-42-49-56-63-76(2)3/h76-81,86H,8-75H2,1-7H3,(H,91,92)(H,93,94)/t79-,80+,81+/m0/s1. The van der Waals surface area contributed by atoms with E-state index >= 15 is 0 Å². The van der Waals surface area contributed by atoms with Crippen LogP contribution in [0.15, 0.2) is 0 Å². The highest BCUT2D eigenvalue weighted by Crippen LogP contribution is 2.45. The van der Waals surface area contributed by atoms with Gasteiger partial charge in [-0.1, -0.05) is 395 Å². The van der Waals surface area contributed by atoms with E-state index in [1.807, 2.05) is 0 Å². The number of hydrogen-bond donors (Lipinski definition) is 3. The van der Waals surface area contributed by atoms with Crippen molar-refractivity contribution in [2.24, 2.45) is 17.8 Å². The van der Waals surface area contributed by atoms with Crippen LogP contribution in [0.25, 0.3) is 0 Å². The third-order valence-corrected chi connectivity index (χ3v) is 21.8. The van der Waals surface area contributed by atoms with Gasteiger partial charge in [0.15, 0.2) is 12.2 Å². The van der Waals surface area contributed by atoms with Crippen LogP contribution in [0, 0.1) is 17.8 Å². The molecule has 19 heteroatoms. The Kier molecular flexibility index (Phi) is 73.7. The van der Waals surface area contributed by atoms with Crippen LogP contribution in [0.4, 0.5) is 0 Å². The summed E-state index contributed by atoms with van der Waals surface area (Å²) in [7, 11) is -9.93. The number of phosphoric acid groups is 2. The van der Waals surface area contributed by atoms with Crippen LogP contribution in [-0.2, 0) is 65.4 Å². The minimum absolute atomic E-state index is 0.107. The molecule has 618 valence electrons. The monoisotopic (exact) mass is 1520 g/mol. The number of rotatable bonds is 83. The molecule has 0 saturated carbocycles. The quantitative estimate of drug-likeness (QED) is 0.0222. The molecule has 0 aromatic rings. The van der Waals surface area contributed by atoms with Crippen LogP contribution >= 0.6 is 15.6 Å². The Bertz CT molecular complexity index is 2010. The average molecular weight is 1520 g/mol. The van der Waals surface area contributed by atoms with Crippen molar-refractivity contribution < 1.29 is 80.2 Å². The summed E-state index contributed by atoms with van der Waals surface area (Å²) < 4.78 is 68.8. The van der Waals surface area contributed by atoms with E-state index in [0.717, 1.165) is 108 Å². The first-order valence-electron chi connectivity index (χ1n) is 43.8. The molecule has 0 fully saturated rings. The predicted octanol–water partition coefficient (Wildman–Crippen LogP) is 25.7. The molecule has 3 N–H and O–H groups in total. The third-order valence-electron chi connectivity index (χ3n) is 19.9. The molecule has 0 bridgehead atoms. The van der Waals surface area contributed by atoms with Crippen LogP contribution in [0.2, 0.25) is 0 Å². The first kappa shape index (κ1) is 102. The number of phosphoric ester groups is 2. The van der Waals surface area contributed by atoms with Gasteiger partial charge in [-0.05, 0) is 43.4 Å². The summed E-state index contributed by atoms with van der Waals surface area (Å²) in [6.45, 7) is 12.0. The van der Waals surface area contributed by atoms with Gasteiger partial charge in [-0.2, -0.15) is 0 Å². The zero-order valence-corrected chi connectivity index (χ0v) is 70.3. The molecular weight excluding hydrogens is 1350 g/mol. The van der Waals surface area contributed by atoms with Crippen molar-refractivity contribution >= 4 is 39.5 Å². The number of esters is 4. The molecule has 0 heterocycles. The number of carbonyl (C=O) groups is 4. The molecule has 5 atom stereocenters. The zero-order chi connectivity index (χ0) is 76.5. The first-order chi connectivity index (χ1) is 50.2. The minimum Gasteiger partial charge on any atom is -0.462 e. The fourth-order valence-corrected chi connectivity index (χ4v) is 14.8. The topological polar surface area (TPSA) is 237 Å². The average Bonchev–Trinajstić information content (AvgIpc) is 0.904. The Hall–Kier alpha value is -1.94. The largest absolute Gasteiger partial charge is 0.472 e. The van der Waals surface area contributed by atoms with Crippen molar-refractivity contribution in [2.75, 3.05) is 39.6 Å². The van der Waals surface area contributed by atoms with Gasteiger partial charge >= 0.3 is 39.5 Å². The van der Waals surface area contributed by atoms with E-state index in [9.17, 15) is 43.2 Å². The Morgan fingerprint density at radius 3 is 0.654 bits per heavy atom. The summed E-state index contributed by atoms with van der Waals surface area (Å²) in [6.07, 6.45) is 65.2. The zero-order valence-electron chi connectivity index (χ0n) is 68.5. The second kappa shape index (κ2) is 75.1. The maximum atomic E-state index is 13.1. The van der Waals surface area contributed by atoms with E-state index in [2.05, 4.69) is 48.5 Å². The van der Waals surface area contributed by atoms with Crippen LogP contribution in [0.1, 0.15) is 447 Å². The van der Waals surface area contributed by atoms with Gasteiger partial charge in [0.2, 0.25) is 0 Å². The van der Waals surface area contributed by atoms with Crippen molar-refractivity contribution in [1.29, 1.82) is 0 Å². The Morgan fingerprint density at radius 1 is 0.260 bits per heavy atom. The Balaban J connectivity index is 5.23. The maximum absolute atomic E-state index is 13.1. The normalized spacial score (nSPS) is 13.9. The number of aliphatic hydroxyl groups is 1. The smallest absolute Gasteiger partial charge is 0.462 e. The van der Waals surface area contributed by atoms with Gasteiger partial charge in [-0.15, -0.1) is 0 Å². The predicted molar refractivity (Wildman–Crippen MR) is 428 cm³/mol. The lowest BCUT2D eigenvalue weighted by molar-refractivity contribution is -0.161. The highest BCUT2D eigenvalue weighted by molar-refractivity contribution is 7.47. The fraction of sp³-hybridized carbons (Fsp3) is 0.953. The Labute approximate surface area is 638 Å². The molecule has 0 aliphatic heterocycles. The van der Waals surface area contributed by atoms with Crippen molar-refractivity contribution in [3.63, 3.8) is 0 Å². The van der Waals surface area contributed by atoms with Crippen LogP contribution in [0.5, 0.6) is 0 Å². The van der Waals surface area contributed by atoms with Crippen molar-refractivity contribution in [3.05, 3.63) is 0 Å². The maximum Gasteiger partial charge on any atom is 0.472 e. The van der Waals surface area contributed by atoms with Gasteiger partial charge in [-0.25, -0.2) is 9.13 Å². The SMILES string of the molecule is CCCCCCCCCCCCC(=O)OC[C@H](COP(=O)(O)OC[C@H](O)COP(=O)(O)OC[C@@H](COC(=O)CCCCCCCCCCCCCCCCCC(C)C)OC(=O)CCCCCCCCCCCCCCCCCCCCC(C)C)OC(=O)CCCCCCCCCCCCCCC(C)C. The first-order valence-corrected chi connectivity index (χ1v) is 46.8. The summed E-state index contributed by atoms with van der Waals surface area (Å²) in [5, 5.41) is 10.7. The number of carbonyl (C=O) groups excluding carboxylic acids is 4. The summed E-state index contributed by atoms with van der Waals surface area (Å²) >= 11 is 0. The molecule has 0 saturated heterocycles. The number of aliphatic hydroxyl groups excluding tert-OH is 1. The van der Waals surface area contributed by atoms with Gasteiger partial charge in [0.25, 0.3) is 0 Å². The molecule has 104 heavy (non-hydrogen) atoms. The van der Waals surface area contributed by atoms with E-state index in [1.165, 1.54) is 257 Å². The molecule has 2 unspecified atom stereocenters. The van der Waals surface area contributed by atoms with E-state index < -0.39 is 97.5 Å². The number of ether oxygens (including phenoxy) is 4. The third kappa shape index (κ3) is 78.2. The molecule has 0 rings (SSSR count). The van der Waals surface area contributed by atoms with E-state index in [4.69, 9.17) is 37.0 Å². The summed E-state index contributed by atoms with van der Waals surface area (Å²) in [5.74, 6) is 0.298. The van der Waals surface area contributed by atoms with E-state index in [0.29, 0.717) is 25.7 Å². The molecule has 0 aromatic carbocycles. The lowest BCUT2D eigenvalue weighted by Crippen LogP contribution is -2.30. The van der Waals surface area contributed by atoms with E-state index in [-0.39, 0.29) is 25.7 Å². The summed E-state index contributed by atoms with van der Waals surface area (Å²) in [5.41, 5.74) is 0. The van der Waals surface area contributed by atoms with Gasteiger partial charge in [0.1, 0.15) is 19.3 Å². The van der Waals surface area contributed by atoms with Crippen LogP contribution in [-0.4, -0.2) is 96.7 Å². The van der Waals surface area contributed by atoms with Crippen LogP contribution < -0.4 is 0 Å². The second-order valence-corrected chi connectivity index (χ2v) is 34.9. The highest BCUT2D eigenvalue weighted by Gasteiger charge is 2.30. The molecular formula is C85H166O17P2.